The van der Waals surface area contributed by atoms with Gasteiger partial charge in [-0.1, -0.05) is 24.3 Å². The van der Waals surface area contributed by atoms with Gasteiger partial charge in [0, 0.05) is 5.56 Å². The van der Waals surface area contributed by atoms with Crippen LogP contribution in [0.3, 0.4) is 0 Å². The van der Waals surface area contributed by atoms with E-state index in [1.807, 2.05) is 0 Å². The zero-order valence-corrected chi connectivity index (χ0v) is 12.1. The number of aromatic hydroxyl groups is 1. The van der Waals surface area contributed by atoms with E-state index in [2.05, 4.69) is 0 Å². The molecule has 0 saturated carbocycles. The summed E-state index contributed by atoms with van der Waals surface area (Å²) in [6, 6.07) is 8.56. The molecular formula is C17H13F3O3. The Bertz CT molecular complexity index is 732. The number of halogens is 3. The van der Waals surface area contributed by atoms with E-state index < -0.39 is 17.5 Å². The summed E-state index contributed by atoms with van der Waals surface area (Å²) in [6.45, 7) is 0. The SMILES string of the molecule is COc1ccc(/C=C/C(=O)c2ccc(C(F)(F)F)cc2)cc1O. The molecule has 0 amide bonds. The molecule has 0 aliphatic heterocycles. The summed E-state index contributed by atoms with van der Waals surface area (Å²) in [4.78, 5) is 11.9. The third-order valence-corrected chi connectivity index (χ3v) is 3.13. The first kappa shape index (κ1) is 16.6. The number of benzene rings is 2. The number of allylic oxidation sites excluding steroid dienone is 1. The molecule has 1 N–H and O–H groups in total. The van der Waals surface area contributed by atoms with Crippen LogP contribution in [0.25, 0.3) is 6.08 Å². The fourth-order valence-electron chi connectivity index (χ4n) is 1.90. The Morgan fingerprint density at radius 2 is 1.78 bits per heavy atom. The Balaban J connectivity index is 2.13. The van der Waals surface area contributed by atoms with Gasteiger partial charge in [0.05, 0.1) is 12.7 Å². The molecule has 0 aliphatic rings. The van der Waals surface area contributed by atoms with Crippen molar-refractivity contribution in [1.82, 2.24) is 0 Å². The third kappa shape index (κ3) is 4.12. The van der Waals surface area contributed by atoms with E-state index in [4.69, 9.17) is 4.74 Å². The first-order chi connectivity index (χ1) is 10.8. The van der Waals surface area contributed by atoms with Gasteiger partial charge < -0.3 is 9.84 Å². The van der Waals surface area contributed by atoms with Gasteiger partial charge in [-0.2, -0.15) is 13.2 Å². The molecule has 0 saturated heterocycles. The van der Waals surface area contributed by atoms with Crippen LogP contribution in [0.5, 0.6) is 11.5 Å². The molecule has 0 fully saturated rings. The van der Waals surface area contributed by atoms with Crippen molar-refractivity contribution in [2.24, 2.45) is 0 Å². The quantitative estimate of drug-likeness (QED) is 0.674. The largest absolute Gasteiger partial charge is 0.504 e. The Morgan fingerprint density at radius 1 is 1.13 bits per heavy atom. The predicted molar refractivity (Wildman–Crippen MR) is 79.5 cm³/mol. The van der Waals surface area contributed by atoms with Gasteiger partial charge in [-0.05, 0) is 35.9 Å². The lowest BCUT2D eigenvalue weighted by Gasteiger charge is -2.06. The standard InChI is InChI=1S/C17H13F3O3/c1-23-16-9-3-11(10-15(16)22)2-8-14(21)12-4-6-13(7-5-12)17(18,19)20/h2-10,22H,1H3/b8-2+. The second-order valence-electron chi connectivity index (χ2n) is 4.70. The Morgan fingerprint density at radius 3 is 2.30 bits per heavy atom. The van der Waals surface area contributed by atoms with E-state index in [1.54, 1.807) is 6.07 Å². The first-order valence-corrected chi connectivity index (χ1v) is 6.58. The van der Waals surface area contributed by atoms with Gasteiger partial charge in [0.1, 0.15) is 0 Å². The molecule has 0 heterocycles. The highest BCUT2D eigenvalue weighted by molar-refractivity contribution is 6.06. The second-order valence-corrected chi connectivity index (χ2v) is 4.70. The van der Waals surface area contributed by atoms with Gasteiger partial charge in [-0.25, -0.2) is 0 Å². The van der Waals surface area contributed by atoms with Crippen molar-refractivity contribution in [1.29, 1.82) is 0 Å². The number of phenolic OH excluding ortho intramolecular Hbond substituents is 1. The molecule has 2 rings (SSSR count). The molecule has 0 radical (unpaired) electrons. The topological polar surface area (TPSA) is 46.5 Å². The van der Waals surface area contributed by atoms with E-state index in [0.29, 0.717) is 11.3 Å². The molecule has 2 aromatic carbocycles. The Hall–Kier alpha value is -2.76. The van der Waals surface area contributed by atoms with Gasteiger partial charge in [-0.15, -0.1) is 0 Å². The molecular weight excluding hydrogens is 309 g/mol. The van der Waals surface area contributed by atoms with Crippen LogP contribution in [0.2, 0.25) is 0 Å². The number of hydrogen-bond donors (Lipinski definition) is 1. The number of methoxy groups -OCH3 is 1. The summed E-state index contributed by atoms with van der Waals surface area (Å²) >= 11 is 0. The van der Waals surface area contributed by atoms with Crippen molar-refractivity contribution >= 4 is 11.9 Å². The van der Waals surface area contributed by atoms with Crippen LogP contribution in [0.15, 0.2) is 48.5 Å². The first-order valence-electron chi connectivity index (χ1n) is 6.58. The van der Waals surface area contributed by atoms with Gasteiger partial charge in [-0.3, -0.25) is 4.79 Å². The number of alkyl halides is 3. The summed E-state index contributed by atoms with van der Waals surface area (Å²) in [5, 5.41) is 9.63. The maximum absolute atomic E-state index is 12.5. The van der Waals surface area contributed by atoms with E-state index >= 15 is 0 Å². The zero-order chi connectivity index (χ0) is 17.0. The van der Waals surface area contributed by atoms with Gasteiger partial charge in [0.2, 0.25) is 0 Å². The van der Waals surface area contributed by atoms with Crippen molar-refractivity contribution in [3.05, 3.63) is 65.2 Å². The van der Waals surface area contributed by atoms with E-state index in [9.17, 15) is 23.1 Å². The lowest BCUT2D eigenvalue weighted by Crippen LogP contribution is -2.05. The zero-order valence-electron chi connectivity index (χ0n) is 12.1. The lowest BCUT2D eigenvalue weighted by atomic mass is 10.1. The highest BCUT2D eigenvalue weighted by atomic mass is 19.4. The maximum atomic E-state index is 12.5. The molecule has 120 valence electrons. The smallest absolute Gasteiger partial charge is 0.416 e. The van der Waals surface area contributed by atoms with E-state index in [-0.39, 0.29) is 11.3 Å². The fourth-order valence-corrected chi connectivity index (χ4v) is 1.90. The molecule has 2 aromatic rings. The molecule has 0 aliphatic carbocycles. The lowest BCUT2D eigenvalue weighted by molar-refractivity contribution is -0.137. The van der Waals surface area contributed by atoms with Crippen molar-refractivity contribution in [2.45, 2.75) is 6.18 Å². The molecule has 0 bridgehead atoms. The minimum Gasteiger partial charge on any atom is -0.504 e. The van der Waals surface area contributed by atoms with Gasteiger partial charge in [0.25, 0.3) is 0 Å². The molecule has 6 heteroatoms. The minimum atomic E-state index is -4.43. The van der Waals surface area contributed by atoms with Crippen LogP contribution in [0.4, 0.5) is 13.2 Å². The van der Waals surface area contributed by atoms with Gasteiger partial charge in [0.15, 0.2) is 17.3 Å². The molecule has 3 nitrogen and oxygen atoms in total. The van der Waals surface area contributed by atoms with Crippen LogP contribution >= 0.6 is 0 Å². The molecule has 23 heavy (non-hydrogen) atoms. The van der Waals surface area contributed by atoms with Crippen LogP contribution in [-0.4, -0.2) is 18.0 Å². The number of phenols is 1. The average Bonchev–Trinajstić information content (AvgIpc) is 2.52. The Labute approximate surface area is 130 Å². The van der Waals surface area contributed by atoms with Crippen molar-refractivity contribution in [3.63, 3.8) is 0 Å². The van der Waals surface area contributed by atoms with Crippen LogP contribution in [0.1, 0.15) is 21.5 Å². The number of hydrogen-bond acceptors (Lipinski definition) is 3. The van der Waals surface area contributed by atoms with Crippen molar-refractivity contribution in [3.8, 4) is 11.5 Å². The highest BCUT2D eigenvalue weighted by Gasteiger charge is 2.30. The van der Waals surface area contributed by atoms with Crippen LogP contribution in [0, 0.1) is 0 Å². The monoisotopic (exact) mass is 322 g/mol. The predicted octanol–water partition coefficient (Wildman–Crippen LogP) is 4.32. The summed E-state index contributed by atoms with van der Waals surface area (Å²) < 4.78 is 42.3. The van der Waals surface area contributed by atoms with Crippen molar-refractivity contribution < 1.29 is 27.8 Å². The number of rotatable bonds is 4. The summed E-state index contributed by atoms with van der Waals surface area (Å²) in [5.41, 5.74) is -0.103. The number of ether oxygens (including phenoxy) is 1. The molecule has 0 spiro atoms. The summed E-state index contributed by atoms with van der Waals surface area (Å²) in [6.07, 6.45) is -1.75. The van der Waals surface area contributed by atoms with E-state index in [0.717, 1.165) is 24.3 Å². The van der Waals surface area contributed by atoms with E-state index in [1.165, 1.54) is 31.4 Å². The minimum absolute atomic E-state index is 0.0726. The van der Waals surface area contributed by atoms with Gasteiger partial charge >= 0.3 is 6.18 Å². The fraction of sp³-hybridized carbons (Fsp3) is 0.118. The second kappa shape index (κ2) is 6.56. The Kier molecular flexibility index (Phi) is 4.74. The maximum Gasteiger partial charge on any atom is 0.416 e. The molecule has 0 atom stereocenters. The van der Waals surface area contributed by atoms with Crippen molar-refractivity contribution in [2.75, 3.05) is 7.11 Å². The van der Waals surface area contributed by atoms with Crippen LogP contribution in [-0.2, 0) is 6.18 Å². The average molecular weight is 322 g/mol. The highest BCUT2D eigenvalue weighted by Crippen LogP contribution is 2.29. The molecule has 0 unspecified atom stereocenters. The summed E-state index contributed by atoms with van der Waals surface area (Å²) in [5.74, 6) is -0.207. The van der Waals surface area contributed by atoms with Crippen LogP contribution < -0.4 is 4.74 Å². The number of carbonyl (C=O) groups is 1. The number of ketones is 1. The normalized spacial score (nSPS) is 11.7. The number of carbonyl (C=O) groups excluding carboxylic acids is 1. The summed E-state index contributed by atoms with van der Waals surface area (Å²) in [7, 11) is 1.42. The molecule has 0 aromatic heterocycles. The third-order valence-electron chi connectivity index (χ3n) is 3.13.